The molecule has 0 spiro atoms. The molecule has 35 heavy (non-hydrogen) atoms. The molecule has 4 aromatic rings. The van der Waals surface area contributed by atoms with E-state index in [1.165, 1.54) is 0 Å². The molecular formula is C26H29Br2ClN2O4. The first-order chi connectivity index (χ1) is 16.7. The second kappa shape index (κ2) is 14.4. The molecule has 0 aliphatic heterocycles. The van der Waals surface area contributed by atoms with Gasteiger partial charge in [0.1, 0.15) is 11.2 Å². The number of benzene rings is 2. The lowest BCUT2D eigenvalue weighted by Gasteiger charge is -2.16. The Kier molecular flexibility index (Phi) is 12.0. The normalized spacial score (nSPS) is 10.4. The number of nitrogens with one attached hydrogen (secondary N) is 1. The summed E-state index contributed by atoms with van der Waals surface area (Å²) in [6.07, 6.45) is 0. The van der Waals surface area contributed by atoms with Crippen LogP contribution in [0.2, 0.25) is 0 Å². The quantitative estimate of drug-likeness (QED) is 0.220. The van der Waals surface area contributed by atoms with Crippen LogP contribution in [0, 0.1) is 0 Å². The molecule has 0 fully saturated rings. The van der Waals surface area contributed by atoms with Crippen molar-refractivity contribution in [2.24, 2.45) is 0 Å². The topological polar surface area (TPSA) is 75.7 Å². The van der Waals surface area contributed by atoms with Gasteiger partial charge in [-0.1, -0.05) is 45.7 Å². The first-order valence-corrected chi connectivity index (χ1v) is 13.3. The molecule has 0 unspecified atom stereocenters. The molecule has 2 aromatic carbocycles. The van der Waals surface area contributed by atoms with E-state index in [0.29, 0.717) is 24.4 Å². The van der Waals surface area contributed by atoms with Gasteiger partial charge >= 0.3 is 0 Å². The molecule has 0 radical (unpaired) electrons. The average Bonchev–Trinajstić information content (AvgIpc) is 3.45. The molecule has 0 saturated heterocycles. The fourth-order valence-electron chi connectivity index (χ4n) is 3.15. The molecule has 0 saturated carbocycles. The van der Waals surface area contributed by atoms with Crippen LogP contribution in [0.25, 0.3) is 21.9 Å². The number of carbonyl (C=O) groups is 2. The summed E-state index contributed by atoms with van der Waals surface area (Å²) in [7, 11) is 0. The van der Waals surface area contributed by atoms with Crippen molar-refractivity contribution in [2.45, 2.75) is 27.7 Å². The highest BCUT2D eigenvalue weighted by Crippen LogP contribution is 2.25. The molecular weight excluding hydrogens is 600 g/mol. The Labute approximate surface area is 227 Å². The Hall–Kier alpha value is -2.13. The van der Waals surface area contributed by atoms with E-state index in [-0.39, 0.29) is 11.7 Å². The van der Waals surface area contributed by atoms with E-state index in [0.717, 1.165) is 38.4 Å². The average molecular weight is 629 g/mol. The van der Waals surface area contributed by atoms with Crippen LogP contribution in [0.4, 0.5) is 0 Å². The summed E-state index contributed by atoms with van der Waals surface area (Å²) < 4.78 is 12.7. The van der Waals surface area contributed by atoms with Crippen molar-refractivity contribution in [1.82, 2.24) is 10.2 Å². The molecule has 1 amide bonds. The monoisotopic (exact) mass is 626 g/mol. The third-order valence-electron chi connectivity index (χ3n) is 4.91. The molecule has 0 aliphatic rings. The molecule has 0 atom stereocenters. The molecule has 0 bridgehead atoms. The highest BCUT2D eigenvalue weighted by Gasteiger charge is 2.17. The predicted molar refractivity (Wildman–Crippen MR) is 149 cm³/mol. The van der Waals surface area contributed by atoms with Crippen molar-refractivity contribution >= 4 is 76.5 Å². The Morgan fingerprint density at radius 2 is 1.26 bits per heavy atom. The summed E-state index contributed by atoms with van der Waals surface area (Å²) >= 11 is 12.0. The maximum Gasteiger partial charge on any atom is 0.289 e. The largest absolute Gasteiger partial charge is 0.452 e. The number of carbonyl (C=O) groups excluding carboxylic acids is 2. The van der Waals surface area contributed by atoms with Gasteiger partial charge in [0.2, 0.25) is 0 Å². The fraction of sp³-hybridized carbons (Fsp3) is 0.308. The number of furan rings is 2. The van der Waals surface area contributed by atoms with Crippen LogP contribution >= 0.6 is 43.5 Å². The van der Waals surface area contributed by atoms with Crippen molar-refractivity contribution in [3.63, 3.8) is 0 Å². The highest BCUT2D eigenvalue weighted by atomic mass is 79.9. The van der Waals surface area contributed by atoms with Crippen molar-refractivity contribution in [2.75, 3.05) is 26.2 Å². The smallest absolute Gasteiger partial charge is 0.289 e. The van der Waals surface area contributed by atoms with Crippen molar-refractivity contribution in [3.8, 4) is 0 Å². The molecule has 188 valence electrons. The summed E-state index contributed by atoms with van der Waals surface area (Å²) in [6, 6.07) is 14.6. The van der Waals surface area contributed by atoms with Crippen molar-refractivity contribution in [1.29, 1.82) is 0 Å². The fourth-order valence-corrected chi connectivity index (χ4v) is 4.00. The molecule has 2 aromatic heterocycles. The zero-order valence-corrected chi connectivity index (χ0v) is 24.1. The number of hydrogen-bond donors (Lipinski definition) is 1. The molecule has 9 heteroatoms. The maximum atomic E-state index is 12.1. The molecule has 1 N–H and O–H groups in total. The van der Waals surface area contributed by atoms with Crippen LogP contribution in [-0.4, -0.2) is 42.2 Å². The SMILES string of the molecule is CCN(CC)C(=O)c1cc2cc(Br)ccc2o1.CCNCC.O=C(Cl)c1cc2cc(Br)ccc2o1. The number of amides is 1. The molecule has 6 nitrogen and oxygen atoms in total. The van der Waals surface area contributed by atoms with Gasteiger partial charge in [0.25, 0.3) is 11.1 Å². The van der Waals surface area contributed by atoms with Gasteiger partial charge in [-0.25, -0.2) is 0 Å². The van der Waals surface area contributed by atoms with Crippen LogP contribution in [0.5, 0.6) is 0 Å². The van der Waals surface area contributed by atoms with Gasteiger partial charge in [0, 0.05) is 32.8 Å². The third kappa shape index (κ3) is 8.49. The van der Waals surface area contributed by atoms with Gasteiger partial charge < -0.3 is 19.1 Å². The number of hydrogen-bond acceptors (Lipinski definition) is 5. The number of halogens is 3. The summed E-state index contributed by atoms with van der Waals surface area (Å²) in [5, 5.41) is 4.33. The van der Waals surface area contributed by atoms with E-state index in [2.05, 4.69) is 51.0 Å². The van der Waals surface area contributed by atoms with Crippen LogP contribution in [0.1, 0.15) is 48.8 Å². The third-order valence-corrected chi connectivity index (χ3v) is 6.08. The Morgan fingerprint density at radius 3 is 1.66 bits per heavy atom. The van der Waals surface area contributed by atoms with Crippen LogP contribution in [0.3, 0.4) is 0 Å². The lowest BCUT2D eigenvalue weighted by atomic mass is 10.2. The van der Waals surface area contributed by atoms with Crippen LogP contribution in [0.15, 0.2) is 66.3 Å². The second-order valence-electron chi connectivity index (χ2n) is 7.29. The van der Waals surface area contributed by atoms with E-state index in [9.17, 15) is 9.59 Å². The zero-order chi connectivity index (χ0) is 26.0. The van der Waals surface area contributed by atoms with Crippen LogP contribution in [-0.2, 0) is 0 Å². The van der Waals surface area contributed by atoms with Gasteiger partial charge in [0.15, 0.2) is 11.5 Å². The molecule has 4 rings (SSSR count). The Bertz CT molecular complexity index is 1260. The molecule has 2 heterocycles. The maximum absolute atomic E-state index is 12.1. The van der Waals surface area contributed by atoms with E-state index in [4.69, 9.17) is 20.4 Å². The van der Waals surface area contributed by atoms with E-state index in [1.807, 2.05) is 44.2 Å². The highest BCUT2D eigenvalue weighted by molar-refractivity contribution is 9.10. The van der Waals surface area contributed by atoms with E-state index < -0.39 is 5.24 Å². The van der Waals surface area contributed by atoms with E-state index in [1.54, 1.807) is 23.1 Å². The summed E-state index contributed by atoms with van der Waals surface area (Å²) in [5.74, 6) is 0.527. The standard InChI is InChI=1S/C13H14BrNO2.C9H4BrClO2.C4H11N/c1-3-15(4-2)13(16)12-8-9-7-10(14)5-6-11(9)17-12;10-6-1-2-7-5(3-6)4-8(13-7)9(11)12;1-3-5-4-2/h5-8H,3-4H2,1-2H3;1-4H;5H,3-4H2,1-2H3. The first-order valence-electron chi connectivity index (χ1n) is 11.3. The number of nitrogens with zero attached hydrogens (tertiary/aromatic N) is 1. The van der Waals surface area contributed by atoms with Crippen molar-refractivity contribution < 1.29 is 18.4 Å². The van der Waals surface area contributed by atoms with Gasteiger partial charge in [-0.2, -0.15) is 0 Å². The van der Waals surface area contributed by atoms with Gasteiger partial charge in [-0.05, 0) is 87.1 Å². The Balaban J connectivity index is 0.000000212. The number of rotatable bonds is 6. The van der Waals surface area contributed by atoms with Crippen molar-refractivity contribution in [3.05, 3.63) is 69.0 Å². The second-order valence-corrected chi connectivity index (χ2v) is 9.47. The molecule has 0 aliphatic carbocycles. The zero-order valence-electron chi connectivity index (χ0n) is 20.2. The van der Waals surface area contributed by atoms with E-state index >= 15 is 0 Å². The summed E-state index contributed by atoms with van der Waals surface area (Å²) in [5.41, 5.74) is 1.40. The van der Waals surface area contributed by atoms with Gasteiger partial charge in [-0.15, -0.1) is 0 Å². The number of fused-ring (bicyclic) bond motifs is 2. The lowest BCUT2D eigenvalue weighted by molar-refractivity contribution is 0.0743. The van der Waals surface area contributed by atoms with Gasteiger partial charge in [-0.3, -0.25) is 9.59 Å². The van der Waals surface area contributed by atoms with Crippen LogP contribution < -0.4 is 5.32 Å². The first kappa shape index (κ1) is 29.1. The lowest BCUT2D eigenvalue weighted by Crippen LogP contribution is -2.30. The summed E-state index contributed by atoms with van der Waals surface area (Å²) in [4.78, 5) is 24.6. The minimum Gasteiger partial charge on any atom is -0.452 e. The minimum absolute atomic E-state index is 0.0534. The Morgan fingerprint density at radius 1 is 0.800 bits per heavy atom. The van der Waals surface area contributed by atoms with Gasteiger partial charge in [0.05, 0.1) is 0 Å². The summed E-state index contributed by atoms with van der Waals surface area (Å²) in [6.45, 7) is 11.7. The minimum atomic E-state index is -0.577. The predicted octanol–water partition coefficient (Wildman–Crippen LogP) is 7.87.